The maximum absolute atomic E-state index is 11.6. The molecular weight excluding hydrogens is 262 g/mol. The molecule has 3 aromatic rings. The van der Waals surface area contributed by atoms with E-state index in [1.54, 1.807) is 13.1 Å². The number of aromatic nitrogens is 3. The van der Waals surface area contributed by atoms with E-state index < -0.39 is 0 Å². The molecule has 21 heavy (non-hydrogen) atoms. The third kappa shape index (κ3) is 2.89. The van der Waals surface area contributed by atoms with Crippen LogP contribution in [0.25, 0.3) is 22.4 Å². The minimum atomic E-state index is -0.154. The smallest absolute Gasteiger partial charge is 0.251 e. The maximum atomic E-state index is 11.6. The number of hydrogen-bond donors (Lipinski definition) is 1. The van der Waals surface area contributed by atoms with Crippen molar-refractivity contribution in [2.24, 2.45) is 0 Å². The monoisotopic (exact) mass is 277 g/mol. The molecule has 2 aromatic heterocycles. The zero-order chi connectivity index (χ0) is 14.8. The summed E-state index contributed by atoms with van der Waals surface area (Å²) in [7, 11) is 0. The van der Waals surface area contributed by atoms with Crippen LogP contribution in [0.2, 0.25) is 0 Å². The van der Waals surface area contributed by atoms with Gasteiger partial charge in [-0.15, -0.1) is 0 Å². The molecule has 0 spiro atoms. The van der Waals surface area contributed by atoms with Crippen LogP contribution in [0, 0.1) is 13.8 Å². The first-order valence-corrected chi connectivity index (χ1v) is 6.72. The summed E-state index contributed by atoms with van der Waals surface area (Å²) in [6.07, 6.45) is 3.53. The summed E-state index contributed by atoms with van der Waals surface area (Å²) < 4.78 is 0. The Balaban J connectivity index is 2.07. The van der Waals surface area contributed by atoms with Crippen molar-refractivity contribution in [1.29, 1.82) is 0 Å². The van der Waals surface area contributed by atoms with Crippen LogP contribution in [-0.4, -0.2) is 15.0 Å². The van der Waals surface area contributed by atoms with Crippen molar-refractivity contribution in [3.8, 4) is 22.4 Å². The number of benzene rings is 1. The molecule has 0 atom stereocenters. The van der Waals surface area contributed by atoms with E-state index in [-0.39, 0.29) is 5.56 Å². The van der Waals surface area contributed by atoms with Crippen molar-refractivity contribution in [2.75, 3.05) is 0 Å². The average molecular weight is 277 g/mol. The van der Waals surface area contributed by atoms with Crippen LogP contribution in [-0.2, 0) is 0 Å². The first-order valence-electron chi connectivity index (χ1n) is 6.72. The van der Waals surface area contributed by atoms with Crippen molar-refractivity contribution >= 4 is 0 Å². The van der Waals surface area contributed by atoms with Crippen LogP contribution in [0.5, 0.6) is 0 Å². The number of hydrogen-bond acceptors (Lipinski definition) is 3. The lowest BCUT2D eigenvalue weighted by molar-refractivity contribution is 1.02. The first kappa shape index (κ1) is 13.2. The van der Waals surface area contributed by atoms with Gasteiger partial charge in [-0.25, -0.2) is 4.98 Å². The molecule has 0 bridgehead atoms. The van der Waals surface area contributed by atoms with Crippen molar-refractivity contribution < 1.29 is 0 Å². The highest BCUT2D eigenvalue weighted by atomic mass is 16.1. The predicted molar refractivity (Wildman–Crippen MR) is 83.0 cm³/mol. The number of nitrogens with zero attached hydrogens (tertiary/aromatic N) is 2. The molecule has 2 heterocycles. The van der Waals surface area contributed by atoms with E-state index in [9.17, 15) is 4.79 Å². The molecule has 3 rings (SSSR count). The predicted octanol–water partition coefficient (Wildman–Crippen LogP) is 3.12. The van der Waals surface area contributed by atoms with Gasteiger partial charge in [-0.1, -0.05) is 29.8 Å². The number of aryl methyl sites for hydroxylation is 2. The number of nitrogens with one attached hydrogen (secondary N) is 1. The Morgan fingerprint density at radius 1 is 0.905 bits per heavy atom. The van der Waals surface area contributed by atoms with Gasteiger partial charge in [0.1, 0.15) is 5.82 Å². The van der Waals surface area contributed by atoms with Gasteiger partial charge < -0.3 is 4.98 Å². The van der Waals surface area contributed by atoms with Gasteiger partial charge >= 0.3 is 0 Å². The van der Waals surface area contributed by atoms with Gasteiger partial charge in [0.05, 0.1) is 5.69 Å². The summed E-state index contributed by atoms with van der Waals surface area (Å²) in [6, 6.07) is 11.7. The van der Waals surface area contributed by atoms with Crippen LogP contribution in [0.4, 0.5) is 0 Å². The van der Waals surface area contributed by atoms with Gasteiger partial charge in [0, 0.05) is 29.6 Å². The van der Waals surface area contributed by atoms with Crippen LogP contribution in [0.1, 0.15) is 11.4 Å². The fourth-order valence-corrected chi connectivity index (χ4v) is 2.21. The van der Waals surface area contributed by atoms with E-state index in [1.165, 1.54) is 11.6 Å². The summed E-state index contributed by atoms with van der Waals surface area (Å²) in [5.41, 5.74) is 4.64. The largest absolute Gasteiger partial charge is 0.311 e. The zero-order valence-electron chi connectivity index (χ0n) is 11.9. The summed E-state index contributed by atoms with van der Waals surface area (Å²) in [4.78, 5) is 22.8. The highest BCUT2D eigenvalue weighted by molar-refractivity contribution is 5.70. The molecular formula is C17H15N3O. The minimum Gasteiger partial charge on any atom is -0.311 e. The molecule has 0 saturated carbocycles. The summed E-state index contributed by atoms with van der Waals surface area (Å²) in [6.45, 7) is 3.82. The third-order valence-corrected chi connectivity index (χ3v) is 3.28. The lowest BCUT2D eigenvalue weighted by Crippen LogP contribution is -2.08. The SMILES string of the molecule is Cc1ccc(-c2cncc(-c3cc(=O)[nH]c(C)n3)c2)cc1. The Hall–Kier alpha value is -2.75. The van der Waals surface area contributed by atoms with Gasteiger partial charge in [-0.3, -0.25) is 9.78 Å². The molecule has 104 valence electrons. The fraction of sp³-hybridized carbons (Fsp3) is 0.118. The van der Waals surface area contributed by atoms with E-state index in [1.807, 2.05) is 12.3 Å². The third-order valence-electron chi connectivity index (χ3n) is 3.28. The summed E-state index contributed by atoms with van der Waals surface area (Å²) >= 11 is 0. The number of H-pyrrole nitrogens is 1. The standard InChI is InChI=1S/C17H15N3O/c1-11-3-5-13(6-4-11)14-7-15(10-18-9-14)16-8-17(21)20-12(2)19-16/h3-10H,1-2H3,(H,19,20,21). The lowest BCUT2D eigenvalue weighted by Gasteiger charge is -2.05. The van der Waals surface area contributed by atoms with Gasteiger partial charge in [-0.05, 0) is 25.5 Å². The van der Waals surface area contributed by atoms with Gasteiger partial charge in [0.2, 0.25) is 0 Å². The van der Waals surface area contributed by atoms with Gasteiger partial charge in [0.25, 0.3) is 5.56 Å². The molecule has 0 aliphatic carbocycles. The first-order chi connectivity index (χ1) is 10.1. The quantitative estimate of drug-likeness (QED) is 0.783. The Morgan fingerprint density at radius 2 is 1.62 bits per heavy atom. The molecule has 0 saturated heterocycles. The minimum absolute atomic E-state index is 0.154. The normalized spacial score (nSPS) is 10.6. The molecule has 4 heteroatoms. The van der Waals surface area contributed by atoms with Gasteiger partial charge in [0.15, 0.2) is 0 Å². The number of rotatable bonds is 2. The second-order valence-electron chi connectivity index (χ2n) is 5.04. The van der Waals surface area contributed by atoms with Crippen LogP contribution in [0.15, 0.2) is 53.6 Å². The molecule has 0 radical (unpaired) electrons. The Kier molecular flexibility index (Phi) is 3.36. The Morgan fingerprint density at radius 3 is 2.33 bits per heavy atom. The molecule has 1 N–H and O–H groups in total. The van der Waals surface area contributed by atoms with Crippen LogP contribution in [0.3, 0.4) is 0 Å². The van der Waals surface area contributed by atoms with E-state index in [0.29, 0.717) is 11.5 Å². The molecule has 0 aliphatic rings. The molecule has 4 nitrogen and oxygen atoms in total. The van der Waals surface area contributed by atoms with Gasteiger partial charge in [-0.2, -0.15) is 0 Å². The van der Waals surface area contributed by atoms with Crippen molar-refractivity contribution in [1.82, 2.24) is 15.0 Å². The Bertz CT molecular complexity index is 835. The number of aromatic amines is 1. The number of pyridine rings is 1. The lowest BCUT2D eigenvalue weighted by atomic mass is 10.0. The van der Waals surface area contributed by atoms with Crippen molar-refractivity contribution in [2.45, 2.75) is 13.8 Å². The van der Waals surface area contributed by atoms with Crippen molar-refractivity contribution in [3.63, 3.8) is 0 Å². The molecule has 0 aliphatic heterocycles. The highest BCUT2D eigenvalue weighted by Crippen LogP contribution is 2.23. The topological polar surface area (TPSA) is 58.6 Å². The Labute approximate surface area is 122 Å². The second kappa shape index (κ2) is 5.32. The fourth-order valence-electron chi connectivity index (χ4n) is 2.21. The average Bonchev–Trinajstić information content (AvgIpc) is 2.47. The van der Waals surface area contributed by atoms with E-state index >= 15 is 0 Å². The molecule has 0 unspecified atom stereocenters. The summed E-state index contributed by atoms with van der Waals surface area (Å²) in [5.74, 6) is 0.596. The van der Waals surface area contributed by atoms with Crippen LogP contribution < -0.4 is 5.56 Å². The van der Waals surface area contributed by atoms with Crippen molar-refractivity contribution in [3.05, 3.63) is 70.5 Å². The zero-order valence-corrected chi connectivity index (χ0v) is 11.9. The van der Waals surface area contributed by atoms with E-state index in [2.05, 4.69) is 46.1 Å². The van der Waals surface area contributed by atoms with E-state index in [0.717, 1.165) is 16.7 Å². The summed E-state index contributed by atoms with van der Waals surface area (Å²) in [5, 5.41) is 0. The second-order valence-corrected chi connectivity index (χ2v) is 5.04. The molecule has 1 aromatic carbocycles. The van der Waals surface area contributed by atoms with Crippen LogP contribution >= 0.6 is 0 Å². The van der Waals surface area contributed by atoms with E-state index in [4.69, 9.17) is 0 Å². The molecule has 0 fully saturated rings. The maximum Gasteiger partial charge on any atom is 0.251 e. The molecule has 0 amide bonds. The highest BCUT2D eigenvalue weighted by Gasteiger charge is 2.05.